The van der Waals surface area contributed by atoms with Gasteiger partial charge in [0.25, 0.3) is 0 Å². The number of nitrogens with zero attached hydrogens (tertiary/aromatic N) is 3. The molecule has 0 bridgehead atoms. The first-order chi connectivity index (χ1) is 12.6. The molecular formula is C22H22N4. The Morgan fingerprint density at radius 3 is 2.23 bits per heavy atom. The maximum atomic E-state index is 5.62. The van der Waals surface area contributed by atoms with E-state index in [0.29, 0.717) is 6.54 Å². The fourth-order valence-electron chi connectivity index (χ4n) is 3.10. The van der Waals surface area contributed by atoms with Crippen LogP contribution in [-0.2, 0) is 6.54 Å². The molecule has 0 amide bonds. The van der Waals surface area contributed by atoms with Crippen molar-refractivity contribution < 1.29 is 0 Å². The molecule has 2 N–H and O–H groups in total. The average molecular weight is 342 g/mol. The van der Waals surface area contributed by atoms with Crippen molar-refractivity contribution in [2.45, 2.75) is 20.4 Å². The lowest BCUT2D eigenvalue weighted by Crippen LogP contribution is -2.09. The number of hydrogen-bond donors (Lipinski definition) is 1. The molecule has 0 saturated carbocycles. The molecule has 2 heterocycles. The van der Waals surface area contributed by atoms with E-state index in [0.717, 1.165) is 29.3 Å². The summed E-state index contributed by atoms with van der Waals surface area (Å²) < 4.78 is 2.05. The Morgan fingerprint density at radius 2 is 1.50 bits per heavy atom. The van der Waals surface area contributed by atoms with Crippen LogP contribution in [0.1, 0.15) is 11.1 Å². The normalized spacial score (nSPS) is 11.2. The van der Waals surface area contributed by atoms with Gasteiger partial charge in [0.05, 0.1) is 5.69 Å². The van der Waals surface area contributed by atoms with Crippen molar-refractivity contribution in [3.63, 3.8) is 0 Å². The van der Waals surface area contributed by atoms with Crippen LogP contribution >= 0.6 is 0 Å². The first-order valence-electron chi connectivity index (χ1n) is 8.86. The van der Waals surface area contributed by atoms with Gasteiger partial charge >= 0.3 is 0 Å². The van der Waals surface area contributed by atoms with Gasteiger partial charge in [-0.05, 0) is 42.2 Å². The number of aryl methyl sites for hydroxylation is 2. The SMILES string of the molecule is Cc1ccc(-c2ccc(-c3nc4ccn(CCN)cc-4n3)cc2)cc1C. The van der Waals surface area contributed by atoms with E-state index in [9.17, 15) is 0 Å². The van der Waals surface area contributed by atoms with Gasteiger partial charge in [-0.2, -0.15) is 0 Å². The molecule has 2 aliphatic heterocycles. The van der Waals surface area contributed by atoms with Gasteiger partial charge < -0.3 is 10.3 Å². The third kappa shape index (κ3) is 3.11. The molecule has 0 atom stereocenters. The summed E-state index contributed by atoms with van der Waals surface area (Å²) in [6.45, 7) is 5.67. The van der Waals surface area contributed by atoms with Crippen molar-refractivity contribution in [2.75, 3.05) is 6.54 Å². The van der Waals surface area contributed by atoms with Gasteiger partial charge in [-0.15, -0.1) is 0 Å². The highest BCUT2D eigenvalue weighted by Gasteiger charge is 2.12. The molecule has 4 nitrogen and oxygen atoms in total. The highest BCUT2D eigenvalue weighted by atomic mass is 15.0. The van der Waals surface area contributed by atoms with Crippen LogP contribution in [0.15, 0.2) is 60.9 Å². The highest BCUT2D eigenvalue weighted by Crippen LogP contribution is 2.28. The summed E-state index contributed by atoms with van der Waals surface area (Å²) in [5, 5.41) is 0. The second-order valence-electron chi connectivity index (χ2n) is 6.67. The van der Waals surface area contributed by atoms with Crippen molar-refractivity contribution in [3.8, 4) is 33.9 Å². The van der Waals surface area contributed by atoms with Crippen molar-refractivity contribution >= 4 is 0 Å². The maximum Gasteiger partial charge on any atom is 0.160 e. The Hall–Kier alpha value is -2.98. The molecule has 0 spiro atoms. The van der Waals surface area contributed by atoms with Gasteiger partial charge in [-0.3, -0.25) is 0 Å². The molecular weight excluding hydrogens is 320 g/mol. The number of rotatable bonds is 4. The quantitative estimate of drug-likeness (QED) is 0.602. The molecule has 0 radical (unpaired) electrons. The Kier molecular flexibility index (Phi) is 4.27. The second kappa shape index (κ2) is 6.73. The minimum Gasteiger partial charge on any atom is -0.351 e. The van der Waals surface area contributed by atoms with E-state index in [1.165, 1.54) is 22.3 Å². The zero-order valence-corrected chi connectivity index (χ0v) is 15.1. The number of fused-ring (bicyclic) bond motifs is 1. The minimum atomic E-state index is 0.608. The van der Waals surface area contributed by atoms with Crippen LogP contribution in [0.4, 0.5) is 0 Å². The summed E-state index contributed by atoms with van der Waals surface area (Å²) >= 11 is 0. The van der Waals surface area contributed by atoms with Crippen LogP contribution in [0.25, 0.3) is 33.9 Å². The lowest BCUT2D eigenvalue weighted by atomic mass is 9.99. The van der Waals surface area contributed by atoms with Crippen LogP contribution < -0.4 is 5.73 Å². The Morgan fingerprint density at radius 1 is 0.808 bits per heavy atom. The van der Waals surface area contributed by atoms with E-state index in [4.69, 9.17) is 5.73 Å². The average Bonchev–Trinajstić information content (AvgIpc) is 3.08. The van der Waals surface area contributed by atoms with E-state index in [1.54, 1.807) is 0 Å². The molecule has 0 unspecified atom stereocenters. The predicted molar refractivity (Wildman–Crippen MR) is 106 cm³/mol. The van der Waals surface area contributed by atoms with Crippen LogP contribution in [0.3, 0.4) is 0 Å². The van der Waals surface area contributed by atoms with Crippen LogP contribution in [0, 0.1) is 13.8 Å². The Balaban J connectivity index is 1.65. The van der Waals surface area contributed by atoms with Gasteiger partial charge in [0.1, 0.15) is 5.69 Å². The van der Waals surface area contributed by atoms with E-state index in [1.807, 2.05) is 23.0 Å². The first-order valence-corrected chi connectivity index (χ1v) is 8.86. The molecule has 4 heteroatoms. The van der Waals surface area contributed by atoms with Gasteiger partial charge in [-0.1, -0.05) is 42.5 Å². The van der Waals surface area contributed by atoms with E-state index < -0.39 is 0 Å². The molecule has 2 aromatic rings. The van der Waals surface area contributed by atoms with Crippen LogP contribution in [-0.4, -0.2) is 21.1 Å². The number of benzene rings is 2. The molecule has 26 heavy (non-hydrogen) atoms. The second-order valence-corrected chi connectivity index (χ2v) is 6.67. The Labute approximate surface area is 153 Å². The summed E-state index contributed by atoms with van der Waals surface area (Å²) in [6.07, 6.45) is 4.00. The number of nitrogens with two attached hydrogens (primary N) is 1. The molecule has 0 fully saturated rings. The zero-order valence-electron chi connectivity index (χ0n) is 15.1. The van der Waals surface area contributed by atoms with Gasteiger partial charge in [0.2, 0.25) is 0 Å². The van der Waals surface area contributed by atoms with Crippen LogP contribution in [0.2, 0.25) is 0 Å². The Bertz CT molecular complexity index is 1010. The third-order valence-electron chi connectivity index (χ3n) is 4.80. The molecule has 130 valence electrons. The molecule has 0 aliphatic carbocycles. The lowest BCUT2D eigenvalue weighted by Gasteiger charge is -2.06. The molecule has 0 saturated heterocycles. The van der Waals surface area contributed by atoms with Crippen molar-refractivity contribution in [2.24, 2.45) is 5.73 Å². The zero-order chi connectivity index (χ0) is 18.1. The fraction of sp³-hybridized carbons (Fsp3) is 0.182. The summed E-state index contributed by atoms with van der Waals surface area (Å²) in [5.41, 5.74) is 13.5. The van der Waals surface area contributed by atoms with Crippen molar-refractivity contribution in [3.05, 3.63) is 72.1 Å². The topological polar surface area (TPSA) is 56.7 Å². The number of pyridine rings is 1. The summed E-state index contributed by atoms with van der Waals surface area (Å²) in [6, 6.07) is 17.0. The highest BCUT2D eigenvalue weighted by molar-refractivity contribution is 5.71. The number of hydrogen-bond acceptors (Lipinski definition) is 3. The van der Waals surface area contributed by atoms with Crippen LogP contribution in [0.5, 0.6) is 0 Å². The van der Waals surface area contributed by atoms with Crippen molar-refractivity contribution in [1.82, 2.24) is 14.5 Å². The minimum absolute atomic E-state index is 0.608. The van der Waals surface area contributed by atoms with Gasteiger partial charge in [-0.25, -0.2) is 9.97 Å². The van der Waals surface area contributed by atoms with Crippen molar-refractivity contribution in [1.29, 1.82) is 0 Å². The van der Waals surface area contributed by atoms with E-state index in [2.05, 4.69) is 66.3 Å². The monoisotopic (exact) mass is 342 g/mol. The van der Waals surface area contributed by atoms with Gasteiger partial charge in [0, 0.05) is 31.0 Å². The standard InChI is InChI=1S/C22H22N4/c1-15-3-4-19(13-16(15)2)17-5-7-18(8-6-17)22-24-20-9-11-26(12-10-23)14-21(20)25-22/h3-9,11,13-14H,10,12,23H2,1-2H3. The summed E-state index contributed by atoms with van der Waals surface area (Å²) in [4.78, 5) is 9.34. The van der Waals surface area contributed by atoms with E-state index in [-0.39, 0.29) is 0 Å². The first kappa shape index (κ1) is 16.5. The lowest BCUT2D eigenvalue weighted by molar-refractivity contribution is 0.703. The number of aromatic nitrogens is 3. The molecule has 0 aromatic heterocycles. The third-order valence-corrected chi connectivity index (χ3v) is 4.80. The molecule has 2 aromatic carbocycles. The number of imidazole rings is 1. The summed E-state index contributed by atoms with van der Waals surface area (Å²) in [5.74, 6) is 0.761. The van der Waals surface area contributed by atoms with E-state index >= 15 is 0 Å². The predicted octanol–water partition coefficient (Wildman–Crippen LogP) is 4.29. The largest absolute Gasteiger partial charge is 0.351 e. The molecule has 4 rings (SSSR count). The van der Waals surface area contributed by atoms with Gasteiger partial charge in [0.15, 0.2) is 5.82 Å². The maximum absolute atomic E-state index is 5.62. The smallest absolute Gasteiger partial charge is 0.160 e. The molecule has 2 aliphatic rings. The fourth-order valence-corrected chi connectivity index (χ4v) is 3.10. The summed E-state index contributed by atoms with van der Waals surface area (Å²) in [7, 11) is 0.